The summed E-state index contributed by atoms with van der Waals surface area (Å²) in [7, 11) is 3.08. The van der Waals surface area contributed by atoms with Crippen molar-refractivity contribution in [2.24, 2.45) is 0 Å². The Balaban J connectivity index is 1.68. The lowest BCUT2D eigenvalue weighted by atomic mass is 10.1. The van der Waals surface area contributed by atoms with Crippen LogP contribution in [0.4, 0.5) is 0 Å². The first-order chi connectivity index (χ1) is 12.5. The minimum atomic E-state index is -0.448. The fourth-order valence-electron chi connectivity index (χ4n) is 3.00. The maximum atomic E-state index is 12.7. The normalized spacial score (nSPS) is 16.4. The topological polar surface area (TPSA) is 78.2 Å². The van der Waals surface area contributed by atoms with Gasteiger partial charge in [-0.2, -0.15) is 0 Å². The lowest BCUT2D eigenvalue weighted by Crippen LogP contribution is -2.31. The first kappa shape index (κ1) is 17.8. The summed E-state index contributed by atoms with van der Waals surface area (Å²) < 4.78 is 21.2. The molecule has 0 N–H and O–H groups in total. The Labute approximate surface area is 151 Å². The largest absolute Gasteiger partial charge is 0.493 e. The molecule has 1 aromatic carbocycles. The molecule has 1 aromatic heterocycles. The summed E-state index contributed by atoms with van der Waals surface area (Å²) in [5, 5.41) is 0. The van der Waals surface area contributed by atoms with E-state index >= 15 is 0 Å². The van der Waals surface area contributed by atoms with Crippen molar-refractivity contribution in [3.63, 3.8) is 0 Å². The molecule has 1 fully saturated rings. The maximum absolute atomic E-state index is 12.7. The molecule has 2 heterocycles. The van der Waals surface area contributed by atoms with Crippen LogP contribution in [0.2, 0.25) is 0 Å². The van der Waals surface area contributed by atoms with Crippen LogP contribution in [0.1, 0.15) is 22.5 Å². The molecule has 0 bridgehead atoms. The predicted octanol–water partition coefficient (Wildman–Crippen LogP) is 2.26. The number of aryl methyl sites for hydroxylation is 1. The molecule has 0 spiro atoms. The zero-order valence-corrected chi connectivity index (χ0v) is 15.0. The van der Waals surface area contributed by atoms with Gasteiger partial charge in [0.25, 0.3) is 5.91 Å². The average Bonchev–Trinajstić information content (AvgIpc) is 3.08. The third kappa shape index (κ3) is 3.82. The number of nitrogens with zero attached hydrogens (tertiary/aromatic N) is 1. The minimum absolute atomic E-state index is 0.0965. The van der Waals surface area contributed by atoms with E-state index in [9.17, 15) is 9.59 Å². The van der Waals surface area contributed by atoms with Crippen LogP contribution in [-0.2, 0) is 0 Å². The lowest BCUT2D eigenvalue weighted by Gasteiger charge is -2.18. The Bertz CT molecular complexity index is 859. The molecule has 26 heavy (non-hydrogen) atoms. The Morgan fingerprint density at radius 1 is 1.15 bits per heavy atom. The highest BCUT2D eigenvalue weighted by atomic mass is 16.5. The summed E-state index contributed by atoms with van der Waals surface area (Å²) in [6.07, 6.45) is 0.526. The van der Waals surface area contributed by atoms with E-state index < -0.39 is 5.63 Å². The predicted molar refractivity (Wildman–Crippen MR) is 94.2 cm³/mol. The van der Waals surface area contributed by atoms with Crippen molar-refractivity contribution in [1.82, 2.24) is 4.90 Å². The molecule has 0 radical (unpaired) electrons. The molecule has 7 heteroatoms. The molecule has 0 aliphatic carbocycles. The summed E-state index contributed by atoms with van der Waals surface area (Å²) >= 11 is 0. The summed E-state index contributed by atoms with van der Waals surface area (Å²) in [6.45, 7) is 2.72. The number of carbonyl (C=O) groups excluding carboxylic acids is 1. The van der Waals surface area contributed by atoms with Gasteiger partial charge in [0.1, 0.15) is 17.6 Å². The molecule has 7 nitrogen and oxygen atoms in total. The second-order valence-electron chi connectivity index (χ2n) is 6.07. The SMILES string of the molecule is COc1ccc(C(=O)N2CCC(Oc3cc(C)oc(=O)c3)C2)cc1OC. The van der Waals surface area contributed by atoms with Crippen molar-refractivity contribution < 1.29 is 23.4 Å². The zero-order chi connectivity index (χ0) is 18.7. The third-order valence-electron chi connectivity index (χ3n) is 4.23. The van der Waals surface area contributed by atoms with Crippen LogP contribution in [-0.4, -0.2) is 44.2 Å². The van der Waals surface area contributed by atoms with Crippen molar-refractivity contribution in [3.8, 4) is 17.2 Å². The van der Waals surface area contributed by atoms with E-state index in [1.165, 1.54) is 13.2 Å². The monoisotopic (exact) mass is 359 g/mol. The fourth-order valence-corrected chi connectivity index (χ4v) is 3.00. The van der Waals surface area contributed by atoms with E-state index in [4.69, 9.17) is 18.6 Å². The highest BCUT2D eigenvalue weighted by Crippen LogP contribution is 2.29. The molecular formula is C19H21NO6. The van der Waals surface area contributed by atoms with Crippen LogP contribution in [0.5, 0.6) is 17.2 Å². The van der Waals surface area contributed by atoms with Crippen LogP contribution in [0.15, 0.2) is 39.5 Å². The number of rotatable bonds is 5. The van der Waals surface area contributed by atoms with Crippen molar-refractivity contribution in [3.05, 3.63) is 52.1 Å². The van der Waals surface area contributed by atoms with Gasteiger partial charge in [0.15, 0.2) is 11.5 Å². The van der Waals surface area contributed by atoms with Gasteiger partial charge in [0, 0.05) is 24.6 Å². The Kier molecular flexibility index (Phi) is 5.16. The van der Waals surface area contributed by atoms with Crippen LogP contribution in [0, 0.1) is 6.92 Å². The van der Waals surface area contributed by atoms with Gasteiger partial charge in [-0.15, -0.1) is 0 Å². The fraction of sp³-hybridized carbons (Fsp3) is 0.368. The molecule has 1 aliphatic heterocycles. The maximum Gasteiger partial charge on any atom is 0.339 e. The molecular weight excluding hydrogens is 338 g/mol. The molecule has 2 aromatic rings. The summed E-state index contributed by atoms with van der Waals surface area (Å²) in [6, 6.07) is 8.07. The van der Waals surface area contributed by atoms with E-state index in [0.717, 1.165) is 0 Å². The van der Waals surface area contributed by atoms with Crippen molar-refractivity contribution in [2.45, 2.75) is 19.4 Å². The van der Waals surface area contributed by atoms with Crippen LogP contribution in [0.3, 0.4) is 0 Å². The van der Waals surface area contributed by atoms with E-state index in [2.05, 4.69) is 0 Å². The highest BCUT2D eigenvalue weighted by Gasteiger charge is 2.29. The van der Waals surface area contributed by atoms with Crippen molar-refractivity contribution >= 4 is 5.91 Å². The zero-order valence-electron chi connectivity index (χ0n) is 15.0. The average molecular weight is 359 g/mol. The Morgan fingerprint density at radius 2 is 1.92 bits per heavy atom. The lowest BCUT2D eigenvalue weighted by molar-refractivity contribution is 0.0771. The van der Waals surface area contributed by atoms with Gasteiger partial charge in [-0.05, 0) is 25.1 Å². The van der Waals surface area contributed by atoms with Crippen LogP contribution in [0.25, 0.3) is 0 Å². The van der Waals surface area contributed by atoms with Crippen LogP contribution >= 0.6 is 0 Å². The van der Waals surface area contributed by atoms with E-state index in [0.29, 0.717) is 48.1 Å². The quantitative estimate of drug-likeness (QED) is 0.815. The molecule has 1 aliphatic rings. The van der Waals surface area contributed by atoms with E-state index in [1.54, 1.807) is 43.2 Å². The van der Waals surface area contributed by atoms with E-state index in [-0.39, 0.29) is 12.0 Å². The molecule has 1 amide bonds. The highest BCUT2D eigenvalue weighted by molar-refractivity contribution is 5.95. The second kappa shape index (κ2) is 7.51. The second-order valence-corrected chi connectivity index (χ2v) is 6.07. The first-order valence-electron chi connectivity index (χ1n) is 8.30. The number of ether oxygens (including phenoxy) is 3. The van der Waals surface area contributed by atoms with E-state index in [1.807, 2.05) is 0 Å². The first-order valence-corrected chi connectivity index (χ1v) is 8.30. The smallest absolute Gasteiger partial charge is 0.339 e. The van der Waals surface area contributed by atoms with Gasteiger partial charge in [0.05, 0.1) is 26.8 Å². The standard InChI is InChI=1S/C19H21NO6/c1-12-8-15(10-18(21)25-12)26-14-6-7-20(11-14)19(22)13-4-5-16(23-2)17(9-13)24-3/h4-5,8-10,14H,6-7,11H2,1-3H3. The molecule has 3 rings (SSSR count). The molecule has 138 valence electrons. The van der Waals surface area contributed by atoms with Crippen LogP contribution < -0.4 is 19.8 Å². The molecule has 1 unspecified atom stereocenters. The number of amides is 1. The molecule has 1 saturated heterocycles. The van der Waals surface area contributed by atoms with Crippen molar-refractivity contribution in [1.29, 1.82) is 0 Å². The number of hydrogen-bond acceptors (Lipinski definition) is 6. The number of benzene rings is 1. The third-order valence-corrected chi connectivity index (χ3v) is 4.23. The van der Waals surface area contributed by atoms with Gasteiger partial charge in [-0.25, -0.2) is 4.79 Å². The molecule has 1 atom stereocenters. The summed E-state index contributed by atoms with van der Waals surface area (Å²) in [5.74, 6) is 1.94. The van der Waals surface area contributed by atoms with Gasteiger partial charge in [-0.1, -0.05) is 0 Å². The molecule has 0 saturated carbocycles. The van der Waals surface area contributed by atoms with Gasteiger partial charge < -0.3 is 23.5 Å². The number of hydrogen-bond donors (Lipinski definition) is 0. The van der Waals surface area contributed by atoms with Gasteiger partial charge in [0.2, 0.25) is 0 Å². The van der Waals surface area contributed by atoms with Gasteiger partial charge >= 0.3 is 5.63 Å². The summed E-state index contributed by atoms with van der Waals surface area (Å²) in [4.78, 5) is 25.9. The number of methoxy groups -OCH3 is 2. The Hall–Kier alpha value is -2.96. The number of carbonyl (C=O) groups is 1. The van der Waals surface area contributed by atoms with Crippen molar-refractivity contribution in [2.75, 3.05) is 27.3 Å². The minimum Gasteiger partial charge on any atom is -0.493 e. The number of likely N-dealkylation sites (tertiary alicyclic amines) is 1. The Morgan fingerprint density at radius 3 is 2.62 bits per heavy atom. The van der Waals surface area contributed by atoms with Gasteiger partial charge in [-0.3, -0.25) is 4.79 Å². The summed E-state index contributed by atoms with van der Waals surface area (Å²) in [5.41, 5.74) is 0.0794.